The summed E-state index contributed by atoms with van der Waals surface area (Å²) in [7, 11) is 0. The van der Waals surface area contributed by atoms with Gasteiger partial charge >= 0.3 is 0 Å². The third-order valence-corrected chi connectivity index (χ3v) is 8.35. The number of carbonyl (C=O) groups is 3. The number of aliphatic imine (C=N–C) groups is 1. The maximum absolute atomic E-state index is 14.5. The van der Waals surface area contributed by atoms with E-state index in [4.69, 9.17) is 4.74 Å². The Kier molecular flexibility index (Phi) is 6.39. The van der Waals surface area contributed by atoms with Gasteiger partial charge in [0.05, 0.1) is 18.1 Å². The highest BCUT2D eigenvalue weighted by atomic mass is 16.5. The maximum Gasteiger partial charge on any atom is 0.277 e. The first-order chi connectivity index (χ1) is 20.6. The minimum atomic E-state index is -0.719. The van der Waals surface area contributed by atoms with Gasteiger partial charge in [0.1, 0.15) is 17.8 Å². The highest BCUT2D eigenvalue weighted by Crippen LogP contribution is 2.54. The van der Waals surface area contributed by atoms with E-state index in [1.807, 2.05) is 72.8 Å². The number of carbonyl (C=O) groups excluding carboxylic acids is 3. The molecule has 5 aromatic rings. The topological polar surface area (TPSA) is 93.0 Å². The molecule has 206 valence electrons. The zero-order valence-electron chi connectivity index (χ0n) is 22.8. The van der Waals surface area contributed by atoms with Gasteiger partial charge in [-0.2, -0.15) is 0 Å². The second-order valence-electron chi connectivity index (χ2n) is 10.8. The second kappa shape index (κ2) is 10.4. The zero-order chi connectivity index (χ0) is 28.8. The van der Waals surface area contributed by atoms with Crippen molar-refractivity contribution >= 4 is 45.7 Å². The minimum Gasteiger partial charge on any atom is -0.507 e. The Balaban J connectivity index is 1.57. The largest absolute Gasteiger partial charge is 0.507 e. The normalized spacial score (nSPS) is 15.1. The van der Waals surface area contributed by atoms with Crippen LogP contribution >= 0.6 is 0 Å². The first kappa shape index (κ1) is 25.8. The van der Waals surface area contributed by atoms with Crippen molar-refractivity contribution < 1.29 is 24.2 Å². The Morgan fingerprint density at radius 1 is 0.810 bits per heavy atom. The number of benzene rings is 5. The number of nitrogens with zero attached hydrogens (tertiary/aromatic N) is 1. The van der Waals surface area contributed by atoms with Gasteiger partial charge in [0.15, 0.2) is 5.78 Å². The monoisotopic (exact) mass is 553 g/mol. The van der Waals surface area contributed by atoms with Gasteiger partial charge in [-0.05, 0) is 64.2 Å². The number of hydrogen-bond donors (Lipinski definition) is 1. The van der Waals surface area contributed by atoms with Crippen LogP contribution in [0.3, 0.4) is 0 Å². The number of ether oxygens (including phenoxy) is 1. The molecule has 1 atom stereocenters. The molecule has 1 heterocycles. The van der Waals surface area contributed by atoms with Crippen molar-refractivity contribution in [2.24, 2.45) is 4.99 Å². The number of hydrogen-bond acceptors (Lipinski definition) is 5. The third kappa shape index (κ3) is 3.94. The van der Waals surface area contributed by atoms with Gasteiger partial charge in [-0.1, -0.05) is 66.7 Å². The number of rotatable bonds is 8. The van der Waals surface area contributed by atoms with Crippen LogP contribution in [0.1, 0.15) is 69.0 Å². The van der Waals surface area contributed by atoms with Crippen molar-refractivity contribution in [2.75, 3.05) is 6.61 Å². The van der Waals surface area contributed by atoms with Crippen molar-refractivity contribution in [3.63, 3.8) is 0 Å². The predicted octanol–water partition coefficient (Wildman–Crippen LogP) is 7.40. The van der Waals surface area contributed by atoms with E-state index in [0.717, 1.165) is 47.4 Å². The number of aromatic hydroxyl groups is 1. The van der Waals surface area contributed by atoms with Crippen molar-refractivity contribution in [1.29, 1.82) is 0 Å². The van der Waals surface area contributed by atoms with E-state index in [0.29, 0.717) is 57.4 Å². The standard InChI is InChI=1S/C36H27NO5/c38-17-8-1-2-9-18-42-28-16-10-15-24-31(28)34-30-23-14-7-6-13-22(23)27(39)19-25(30)26-20-37-36(41)32(26)33(34)29(35(24)40)21-11-4-3-5-12-21/h3-7,10-17,19-20,29,39H,1-2,8-9,18H2. The summed E-state index contributed by atoms with van der Waals surface area (Å²) in [5.74, 6) is -0.553. The molecule has 0 spiro atoms. The third-order valence-electron chi connectivity index (χ3n) is 8.35. The van der Waals surface area contributed by atoms with Gasteiger partial charge in [0.2, 0.25) is 0 Å². The highest BCUT2D eigenvalue weighted by Gasteiger charge is 2.41. The summed E-state index contributed by atoms with van der Waals surface area (Å²) in [5, 5.41) is 14.1. The Morgan fingerprint density at radius 3 is 2.40 bits per heavy atom. The summed E-state index contributed by atoms with van der Waals surface area (Å²) in [6.45, 7) is 0.424. The van der Waals surface area contributed by atoms with Crippen molar-refractivity contribution in [1.82, 2.24) is 0 Å². The van der Waals surface area contributed by atoms with Crippen LogP contribution in [-0.2, 0) is 4.79 Å². The lowest BCUT2D eigenvalue weighted by Gasteiger charge is -2.32. The number of Topliss-reactive ketones (excluding diaryl/α,β-unsaturated/α-hetero) is 1. The molecule has 5 aromatic carbocycles. The van der Waals surface area contributed by atoms with E-state index in [1.165, 1.54) is 0 Å². The van der Waals surface area contributed by atoms with Crippen LogP contribution in [0.15, 0.2) is 83.9 Å². The summed E-state index contributed by atoms with van der Waals surface area (Å²) < 4.78 is 6.36. The zero-order valence-corrected chi connectivity index (χ0v) is 22.8. The number of phenols is 1. The molecule has 0 saturated carbocycles. The van der Waals surface area contributed by atoms with E-state index in [-0.39, 0.29) is 11.5 Å². The fourth-order valence-corrected chi connectivity index (χ4v) is 6.53. The maximum atomic E-state index is 14.5. The lowest BCUT2D eigenvalue weighted by atomic mass is 9.70. The Hall–Kier alpha value is -5.10. The molecular weight excluding hydrogens is 526 g/mol. The van der Waals surface area contributed by atoms with Crippen LogP contribution < -0.4 is 4.74 Å². The number of amides is 1. The smallest absolute Gasteiger partial charge is 0.277 e. The van der Waals surface area contributed by atoms with Crippen LogP contribution in [0.25, 0.3) is 32.7 Å². The van der Waals surface area contributed by atoms with Crippen LogP contribution in [0.5, 0.6) is 11.5 Å². The molecule has 0 saturated heterocycles. The molecule has 2 aliphatic rings. The number of aldehydes is 1. The number of fused-ring (bicyclic) bond motifs is 10. The van der Waals surface area contributed by atoms with Gasteiger partial charge in [-0.3, -0.25) is 9.59 Å². The molecule has 0 fully saturated rings. The summed E-state index contributed by atoms with van der Waals surface area (Å²) in [6, 6.07) is 24.4. The molecule has 0 bridgehead atoms. The molecule has 1 unspecified atom stereocenters. The number of ketones is 1. The molecule has 1 amide bonds. The van der Waals surface area contributed by atoms with E-state index >= 15 is 0 Å². The summed E-state index contributed by atoms with van der Waals surface area (Å²) in [6.07, 6.45) is 5.42. The average molecular weight is 554 g/mol. The Labute approximate surface area is 242 Å². The van der Waals surface area contributed by atoms with Crippen LogP contribution in [-0.4, -0.2) is 35.9 Å². The number of unbranched alkanes of at least 4 members (excludes halogenated alkanes) is 3. The summed E-state index contributed by atoms with van der Waals surface area (Å²) in [5.41, 5.74) is 4.37. The van der Waals surface area contributed by atoms with Crippen LogP contribution in [0.4, 0.5) is 0 Å². The molecule has 42 heavy (non-hydrogen) atoms. The van der Waals surface area contributed by atoms with Gasteiger partial charge in [-0.25, -0.2) is 4.99 Å². The predicted molar refractivity (Wildman–Crippen MR) is 163 cm³/mol. The van der Waals surface area contributed by atoms with Crippen LogP contribution in [0, 0.1) is 0 Å². The number of phenolic OH excluding ortho intramolecular Hbond substituents is 1. The molecular formula is C36H27NO5. The Bertz CT molecular complexity index is 1960. The molecule has 6 heteroatoms. The summed E-state index contributed by atoms with van der Waals surface area (Å²) >= 11 is 0. The van der Waals surface area contributed by atoms with E-state index < -0.39 is 11.8 Å². The fourth-order valence-electron chi connectivity index (χ4n) is 6.53. The SMILES string of the molecule is O=CCCCCCOc1cccc2c1-c1c(c3c(c4cc(O)c5ccccc5c14)C=NC3=O)C(c1ccccc1)C2=O. The molecule has 0 aromatic heterocycles. The van der Waals surface area contributed by atoms with Gasteiger partial charge in [-0.15, -0.1) is 0 Å². The first-order valence-corrected chi connectivity index (χ1v) is 14.2. The average Bonchev–Trinajstić information content (AvgIpc) is 3.41. The molecule has 1 aliphatic carbocycles. The molecule has 0 radical (unpaired) electrons. The van der Waals surface area contributed by atoms with E-state index in [2.05, 4.69) is 4.99 Å². The van der Waals surface area contributed by atoms with Crippen molar-refractivity contribution in [3.8, 4) is 22.6 Å². The van der Waals surface area contributed by atoms with Crippen molar-refractivity contribution in [2.45, 2.75) is 31.6 Å². The molecule has 1 aliphatic heterocycles. The van der Waals surface area contributed by atoms with Gasteiger partial charge in [0.25, 0.3) is 5.91 Å². The fraction of sp³-hybridized carbons (Fsp3) is 0.167. The molecule has 1 N–H and O–H groups in total. The molecule has 6 nitrogen and oxygen atoms in total. The van der Waals surface area contributed by atoms with E-state index in [1.54, 1.807) is 12.3 Å². The second-order valence-corrected chi connectivity index (χ2v) is 10.8. The quantitative estimate of drug-likeness (QED) is 0.123. The highest BCUT2D eigenvalue weighted by molar-refractivity contribution is 6.31. The lowest BCUT2D eigenvalue weighted by molar-refractivity contribution is -0.107. The first-order valence-electron chi connectivity index (χ1n) is 14.2. The minimum absolute atomic E-state index is 0.107. The molecule has 7 rings (SSSR count). The lowest BCUT2D eigenvalue weighted by Crippen LogP contribution is -2.24. The van der Waals surface area contributed by atoms with Crippen LogP contribution in [0.2, 0.25) is 0 Å². The Morgan fingerprint density at radius 2 is 1.60 bits per heavy atom. The van der Waals surface area contributed by atoms with E-state index in [9.17, 15) is 19.5 Å². The van der Waals surface area contributed by atoms with Crippen molar-refractivity contribution in [3.05, 3.63) is 107 Å². The van der Waals surface area contributed by atoms with Gasteiger partial charge in [0, 0.05) is 34.7 Å². The summed E-state index contributed by atoms with van der Waals surface area (Å²) in [4.78, 5) is 42.8. The van der Waals surface area contributed by atoms with Gasteiger partial charge < -0.3 is 14.6 Å².